The van der Waals surface area contributed by atoms with Crippen LogP contribution in [-0.2, 0) is 0 Å². The van der Waals surface area contributed by atoms with E-state index in [0.717, 1.165) is 23.4 Å². The van der Waals surface area contributed by atoms with Gasteiger partial charge >= 0.3 is 0 Å². The number of piperazine rings is 1. The van der Waals surface area contributed by atoms with Crippen molar-refractivity contribution in [2.75, 3.05) is 45.9 Å². The van der Waals surface area contributed by atoms with Gasteiger partial charge in [-0.25, -0.2) is 0 Å². The molecule has 1 saturated heterocycles. The number of hydrogen-bond acceptors (Lipinski definition) is 3. The molecule has 0 radical (unpaired) electrons. The first-order valence-electron chi connectivity index (χ1n) is 7.11. The average molecular weight is 327 g/mol. The molecule has 1 fully saturated rings. The average Bonchev–Trinajstić information content (AvgIpc) is 2.41. The standard InChI is InChI=1S/C15H23BrN2O/c1-2-6-17-7-9-18(10-8-17)11-12-19-15-5-3-4-14(16)13-15/h3-5,13H,2,6-12H2,1H3. The van der Waals surface area contributed by atoms with Crippen molar-refractivity contribution in [3.05, 3.63) is 28.7 Å². The van der Waals surface area contributed by atoms with Gasteiger partial charge in [0.15, 0.2) is 0 Å². The van der Waals surface area contributed by atoms with Gasteiger partial charge in [-0.05, 0) is 31.2 Å². The van der Waals surface area contributed by atoms with E-state index in [2.05, 4.69) is 32.7 Å². The van der Waals surface area contributed by atoms with E-state index in [1.54, 1.807) is 0 Å². The number of rotatable bonds is 6. The minimum Gasteiger partial charge on any atom is -0.492 e. The molecule has 1 aliphatic rings. The van der Waals surface area contributed by atoms with Gasteiger partial charge in [0.25, 0.3) is 0 Å². The molecule has 0 atom stereocenters. The van der Waals surface area contributed by atoms with Crippen molar-refractivity contribution in [1.29, 1.82) is 0 Å². The lowest BCUT2D eigenvalue weighted by molar-refractivity contribution is 0.117. The van der Waals surface area contributed by atoms with E-state index in [-0.39, 0.29) is 0 Å². The van der Waals surface area contributed by atoms with Crippen LogP contribution in [0.25, 0.3) is 0 Å². The van der Waals surface area contributed by atoms with E-state index in [4.69, 9.17) is 4.74 Å². The second-order valence-electron chi connectivity index (χ2n) is 4.99. The summed E-state index contributed by atoms with van der Waals surface area (Å²) in [5.74, 6) is 0.944. The summed E-state index contributed by atoms with van der Waals surface area (Å²) in [5.41, 5.74) is 0. The van der Waals surface area contributed by atoms with Crippen molar-refractivity contribution in [2.45, 2.75) is 13.3 Å². The summed E-state index contributed by atoms with van der Waals surface area (Å²) in [6.45, 7) is 10.0. The van der Waals surface area contributed by atoms with Gasteiger partial charge in [-0.3, -0.25) is 4.90 Å². The lowest BCUT2D eigenvalue weighted by atomic mass is 10.3. The molecule has 4 heteroatoms. The summed E-state index contributed by atoms with van der Waals surface area (Å²) in [4.78, 5) is 5.04. The fourth-order valence-corrected chi connectivity index (χ4v) is 2.78. The Morgan fingerprint density at radius 3 is 2.42 bits per heavy atom. The Morgan fingerprint density at radius 1 is 1.11 bits per heavy atom. The largest absolute Gasteiger partial charge is 0.492 e. The Bertz CT molecular complexity index is 378. The molecule has 1 aliphatic heterocycles. The molecule has 0 saturated carbocycles. The number of hydrogen-bond donors (Lipinski definition) is 0. The third-order valence-corrected chi connectivity index (χ3v) is 3.97. The summed E-state index contributed by atoms with van der Waals surface area (Å²) in [6.07, 6.45) is 1.26. The molecule has 0 bridgehead atoms. The van der Waals surface area contributed by atoms with E-state index >= 15 is 0 Å². The quantitative estimate of drug-likeness (QED) is 0.799. The third kappa shape index (κ3) is 5.13. The second-order valence-corrected chi connectivity index (χ2v) is 5.90. The molecule has 1 aromatic carbocycles. The maximum Gasteiger partial charge on any atom is 0.120 e. The fourth-order valence-electron chi connectivity index (χ4n) is 2.40. The number of halogens is 1. The van der Waals surface area contributed by atoms with Crippen LogP contribution < -0.4 is 4.74 Å². The molecule has 2 rings (SSSR count). The van der Waals surface area contributed by atoms with Crippen LogP contribution in [-0.4, -0.2) is 55.7 Å². The van der Waals surface area contributed by atoms with Gasteiger partial charge in [0.05, 0.1) is 0 Å². The van der Waals surface area contributed by atoms with Gasteiger partial charge < -0.3 is 9.64 Å². The first-order valence-corrected chi connectivity index (χ1v) is 7.90. The van der Waals surface area contributed by atoms with E-state index in [0.29, 0.717) is 0 Å². The topological polar surface area (TPSA) is 15.7 Å². The van der Waals surface area contributed by atoms with E-state index in [1.807, 2.05) is 24.3 Å². The third-order valence-electron chi connectivity index (χ3n) is 3.48. The summed E-state index contributed by atoms with van der Waals surface area (Å²) in [5, 5.41) is 0. The van der Waals surface area contributed by atoms with Crippen molar-refractivity contribution in [2.24, 2.45) is 0 Å². The molecule has 106 valence electrons. The van der Waals surface area contributed by atoms with Crippen molar-refractivity contribution in [3.63, 3.8) is 0 Å². The van der Waals surface area contributed by atoms with Gasteiger partial charge in [0, 0.05) is 37.2 Å². The zero-order valence-electron chi connectivity index (χ0n) is 11.6. The smallest absolute Gasteiger partial charge is 0.120 e. The predicted molar refractivity (Wildman–Crippen MR) is 82.8 cm³/mol. The SMILES string of the molecule is CCCN1CCN(CCOc2cccc(Br)c2)CC1. The lowest BCUT2D eigenvalue weighted by Crippen LogP contribution is -2.47. The first-order chi connectivity index (χ1) is 9.28. The van der Waals surface area contributed by atoms with Gasteiger partial charge in [-0.1, -0.05) is 28.9 Å². The maximum atomic E-state index is 5.78. The predicted octanol–water partition coefficient (Wildman–Crippen LogP) is 2.86. The van der Waals surface area contributed by atoms with Crippen LogP contribution in [0.2, 0.25) is 0 Å². The van der Waals surface area contributed by atoms with Crippen LogP contribution in [0.3, 0.4) is 0 Å². The number of benzene rings is 1. The maximum absolute atomic E-state index is 5.78. The molecule has 3 nitrogen and oxygen atoms in total. The molecule has 19 heavy (non-hydrogen) atoms. The van der Waals surface area contributed by atoms with Gasteiger partial charge in [-0.2, -0.15) is 0 Å². The van der Waals surface area contributed by atoms with E-state index in [1.165, 1.54) is 39.1 Å². The van der Waals surface area contributed by atoms with Crippen LogP contribution in [0.1, 0.15) is 13.3 Å². The summed E-state index contributed by atoms with van der Waals surface area (Å²) >= 11 is 3.46. The van der Waals surface area contributed by atoms with Crippen LogP contribution in [0, 0.1) is 0 Å². The fraction of sp³-hybridized carbons (Fsp3) is 0.600. The van der Waals surface area contributed by atoms with Crippen LogP contribution >= 0.6 is 15.9 Å². The van der Waals surface area contributed by atoms with Crippen molar-refractivity contribution in [1.82, 2.24) is 9.80 Å². The van der Waals surface area contributed by atoms with Crippen molar-refractivity contribution in [3.8, 4) is 5.75 Å². The molecule has 0 unspecified atom stereocenters. The molecule has 1 heterocycles. The second kappa shape index (κ2) is 7.88. The Hall–Kier alpha value is -0.580. The summed E-state index contributed by atoms with van der Waals surface area (Å²) in [7, 11) is 0. The molecular formula is C15H23BrN2O. The van der Waals surface area contributed by atoms with E-state index < -0.39 is 0 Å². The number of nitrogens with zero attached hydrogens (tertiary/aromatic N) is 2. The Morgan fingerprint density at radius 2 is 1.79 bits per heavy atom. The van der Waals surface area contributed by atoms with Gasteiger partial charge in [0.1, 0.15) is 12.4 Å². The monoisotopic (exact) mass is 326 g/mol. The molecule has 0 aromatic heterocycles. The minimum atomic E-state index is 0.768. The lowest BCUT2D eigenvalue weighted by Gasteiger charge is -2.34. The highest BCUT2D eigenvalue weighted by atomic mass is 79.9. The molecule has 0 amide bonds. The highest BCUT2D eigenvalue weighted by molar-refractivity contribution is 9.10. The summed E-state index contributed by atoms with van der Waals surface area (Å²) in [6, 6.07) is 8.03. The van der Waals surface area contributed by atoms with Crippen LogP contribution in [0.15, 0.2) is 28.7 Å². The van der Waals surface area contributed by atoms with Crippen LogP contribution in [0.4, 0.5) is 0 Å². The summed E-state index contributed by atoms with van der Waals surface area (Å²) < 4.78 is 6.85. The number of ether oxygens (including phenoxy) is 1. The zero-order chi connectivity index (χ0) is 13.5. The minimum absolute atomic E-state index is 0.768. The van der Waals surface area contributed by atoms with Crippen molar-refractivity contribution >= 4 is 15.9 Å². The molecule has 0 spiro atoms. The van der Waals surface area contributed by atoms with Gasteiger partial charge in [-0.15, -0.1) is 0 Å². The zero-order valence-corrected chi connectivity index (χ0v) is 13.2. The molecular weight excluding hydrogens is 304 g/mol. The Kier molecular flexibility index (Phi) is 6.14. The first kappa shape index (κ1) is 14.8. The van der Waals surface area contributed by atoms with Crippen LogP contribution in [0.5, 0.6) is 5.75 Å². The highest BCUT2D eigenvalue weighted by Gasteiger charge is 2.15. The Labute approximate surface area is 124 Å². The van der Waals surface area contributed by atoms with E-state index in [9.17, 15) is 0 Å². The van der Waals surface area contributed by atoms with Crippen molar-refractivity contribution < 1.29 is 4.74 Å². The highest BCUT2D eigenvalue weighted by Crippen LogP contribution is 2.17. The molecule has 1 aromatic rings. The Balaban J connectivity index is 1.64. The normalized spacial score (nSPS) is 17.6. The van der Waals surface area contributed by atoms with Gasteiger partial charge in [0.2, 0.25) is 0 Å². The molecule has 0 N–H and O–H groups in total. The molecule has 0 aliphatic carbocycles.